The number of aliphatic carboxylic acids is 2. The minimum atomic E-state index is -0.694. The monoisotopic (exact) mass is 1010 g/mol. The molecule has 0 unspecified atom stereocenters. The number of benzene rings is 2. The van der Waals surface area contributed by atoms with Gasteiger partial charge in [0.05, 0.1) is 10.1 Å². The summed E-state index contributed by atoms with van der Waals surface area (Å²) in [7, 11) is 0. The molecule has 0 saturated carbocycles. The van der Waals surface area contributed by atoms with E-state index in [0.717, 1.165) is 103 Å². The first-order valence-corrected chi connectivity index (χ1v) is 25.7. The first-order chi connectivity index (χ1) is 32.0. The predicted molar refractivity (Wildman–Crippen MR) is 268 cm³/mol. The maximum Gasteiger partial charge on any atom is 0.303 e. The second-order valence-corrected chi connectivity index (χ2v) is 18.4. The van der Waals surface area contributed by atoms with Gasteiger partial charge in [0.25, 0.3) is 0 Å². The smallest absolute Gasteiger partial charge is 0.303 e. The zero-order chi connectivity index (χ0) is 47.8. The van der Waals surface area contributed by atoms with E-state index in [9.17, 15) is 28.8 Å². The Hall–Kier alpha value is -3.88. The quantitative estimate of drug-likeness (QED) is 0.0401. The van der Waals surface area contributed by atoms with Crippen LogP contribution in [0.2, 0.25) is 0 Å². The van der Waals surface area contributed by atoms with Gasteiger partial charge in [-0.25, -0.2) is 0 Å². The van der Waals surface area contributed by atoms with Crippen molar-refractivity contribution in [3.63, 3.8) is 0 Å². The summed E-state index contributed by atoms with van der Waals surface area (Å²) in [6.07, 6.45) is 39.2. The van der Waals surface area contributed by atoms with Crippen molar-refractivity contribution in [2.24, 2.45) is 0 Å². The van der Waals surface area contributed by atoms with Crippen LogP contribution in [0, 0.1) is 0 Å². The average Bonchev–Trinajstić information content (AvgIpc) is 3.31. The number of carbonyl (C=O) groups is 6. The fourth-order valence-electron chi connectivity index (χ4n) is 8.39. The molecule has 0 aromatic heterocycles. The third kappa shape index (κ3) is 23.3. The van der Waals surface area contributed by atoms with Crippen LogP contribution in [0.1, 0.15) is 234 Å². The van der Waals surface area contributed by atoms with Crippen molar-refractivity contribution in [1.82, 2.24) is 0 Å². The first kappa shape index (κ1) is 59.2. The zero-order valence-corrected chi connectivity index (χ0v) is 42.0. The van der Waals surface area contributed by atoms with Gasteiger partial charge in [0.15, 0.2) is 11.6 Å². The SMILES string of the molecule is O=C(O)CCCCCCC/C=C\CCCCCCCCC1=C(Cl)C(=O)c2ccccc2C1=O.O=C(O)CCCCCCC/C=C\CCCCCCCCC1=C(Cl)C(=O)c2ccccc2C1=O.[Cu]. The van der Waals surface area contributed by atoms with Crippen molar-refractivity contribution >= 4 is 58.3 Å². The molecule has 371 valence electrons. The number of carboxylic acids is 2. The summed E-state index contributed by atoms with van der Waals surface area (Å²) in [5.41, 5.74) is 2.74. The Balaban J connectivity index is 0.000000453. The number of hydrogen-bond donors (Lipinski definition) is 2. The Labute approximate surface area is 421 Å². The molecule has 8 nitrogen and oxygen atoms in total. The Bertz CT molecular complexity index is 1860. The van der Waals surface area contributed by atoms with Gasteiger partial charge in [0, 0.05) is 63.3 Å². The fourth-order valence-corrected chi connectivity index (χ4v) is 8.96. The van der Waals surface area contributed by atoms with E-state index in [1.807, 2.05) is 0 Å². The second-order valence-electron chi connectivity index (χ2n) is 17.7. The molecule has 0 spiro atoms. The maximum absolute atomic E-state index is 12.7. The van der Waals surface area contributed by atoms with E-state index < -0.39 is 11.9 Å². The number of carboxylic acid groups (broad SMARTS) is 2. The van der Waals surface area contributed by atoms with Gasteiger partial charge in [0.1, 0.15) is 0 Å². The van der Waals surface area contributed by atoms with E-state index in [2.05, 4.69) is 24.3 Å². The number of carbonyl (C=O) groups excluding carboxylic acids is 4. The first-order valence-electron chi connectivity index (χ1n) is 24.9. The number of Topliss-reactive ketones (excluding diaryl/α,β-unsaturated/α-hetero) is 4. The van der Waals surface area contributed by atoms with Gasteiger partial charge in [-0.2, -0.15) is 0 Å². The molecule has 2 N–H and O–H groups in total. The molecule has 0 aliphatic heterocycles. The summed E-state index contributed by atoms with van der Waals surface area (Å²) < 4.78 is 0. The van der Waals surface area contributed by atoms with Crippen molar-refractivity contribution in [2.75, 3.05) is 0 Å². The molecule has 0 amide bonds. The van der Waals surface area contributed by atoms with Crippen molar-refractivity contribution in [1.29, 1.82) is 0 Å². The van der Waals surface area contributed by atoms with Crippen LogP contribution >= 0.6 is 23.2 Å². The van der Waals surface area contributed by atoms with Crippen LogP contribution in [0.15, 0.2) is 94.0 Å². The molecular formula is C56H74Cl2CuO8. The van der Waals surface area contributed by atoms with E-state index in [1.54, 1.807) is 48.5 Å². The van der Waals surface area contributed by atoms with E-state index in [-0.39, 0.29) is 50.3 Å². The van der Waals surface area contributed by atoms with Gasteiger partial charge in [-0.3, -0.25) is 28.8 Å². The van der Waals surface area contributed by atoms with Gasteiger partial charge in [-0.05, 0) is 89.9 Å². The van der Waals surface area contributed by atoms with Crippen LogP contribution in [0.5, 0.6) is 0 Å². The average molecular weight is 1010 g/mol. The third-order valence-electron chi connectivity index (χ3n) is 12.3. The molecule has 0 saturated heterocycles. The van der Waals surface area contributed by atoms with Gasteiger partial charge in [0.2, 0.25) is 11.6 Å². The van der Waals surface area contributed by atoms with Crippen molar-refractivity contribution in [3.05, 3.63) is 116 Å². The third-order valence-corrected chi connectivity index (χ3v) is 13.1. The molecule has 67 heavy (non-hydrogen) atoms. The van der Waals surface area contributed by atoms with Crippen LogP contribution in [-0.2, 0) is 26.7 Å². The summed E-state index contributed by atoms with van der Waals surface area (Å²) in [6, 6.07) is 13.8. The predicted octanol–water partition coefficient (Wildman–Crippen LogP) is 16.1. The van der Waals surface area contributed by atoms with Crippen LogP contribution in [0.4, 0.5) is 0 Å². The molecule has 0 atom stereocenters. The number of halogens is 2. The number of ketones is 4. The largest absolute Gasteiger partial charge is 0.481 e. The molecule has 4 rings (SSSR count). The molecule has 1 radical (unpaired) electrons. The Morgan fingerprint density at radius 2 is 0.612 bits per heavy atom. The number of allylic oxidation sites excluding steroid dienone is 8. The van der Waals surface area contributed by atoms with Crippen LogP contribution in [-0.4, -0.2) is 45.3 Å². The second kappa shape index (κ2) is 36.2. The minimum absolute atomic E-state index is 0. The Morgan fingerprint density at radius 3 is 0.896 bits per heavy atom. The molecular weight excluding hydrogens is 935 g/mol. The van der Waals surface area contributed by atoms with Crippen molar-refractivity contribution in [2.45, 2.75) is 193 Å². The van der Waals surface area contributed by atoms with E-state index >= 15 is 0 Å². The molecule has 0 bridgehead atoms. The van der Waals surface area contributed by atoms with Crippen molar-refractivity contribution < 1.29 is 56.0 Å². The topological polar surface area (TPSA) is 143 Å². The van der Waals surface area contributed by atoms with Gasteiger partial charge in [-0.15, -0.1) is 0 Å². The van der Waals surface area contributed by atoms with Gasteiger partial charge in [-0.1, -0.05) is 186 Å². The number of fused-ring (bicyclic) bond motifs is 2. The Kier molecular flexibility index (Phi) is 32.0. The van der Waals surface area contributed by atoms with E-state index in [4.69, 9.17) is 33.4 Å². The summed E-state index contributed by atoms with van der Waals surface area (Å²) in [5, 5.41) is 17.4. The Morgan fingerprint density at radius 1 is 0.373 bits per heavy atom. The maximum atomic E-state index is 12.7. The zero-order valence-electron chi connectivity index (χ0n) is 39.5. The minimum Gasteiger partial charge on any atom is -0.481 e. The van der Waals surface area contributed by atoms with Crippen LogP contribution in [0.25, 0.3) is 0 Å². The van der Waals surface area contributed by atoms with Crippen LogP contribution in [0.3, 0.4) is 0 Å². The molecule has 2 aliphatic rings. The van der Waals surface area contributed by atoms with E-state index in [0.29, 0.717) is 59.1 Å². The molecule has 0 fully saturated rings. The van der Waals surface area contributed by atoms with Gasteiger partial charge >= 0.3 is 11.9 Å². The summed E-state index contributed by atoms with van der Waals surface area (Å²) in [4.78, 5) is 71.0. The number of unbranched alkanes of at least 4 members (excludes halogenated alkanes) is 22. The molecule has 0 heterocycles. The normalized spacial score (nSPS) is 13.5. The molecule has 2 aliphatic carbocycles. The van der Waals surface area contributed by atoms with E-state index in [1.165, 1.54) is 64.2 Å². The summed E-state index contributed by atoms with van der Waals surface area (Å²) in [5.74, 6) is -2.04. The molecule has 2 aromatic carbocycles. The molecule has 2 aromatic rings. The standard InChI is InChI=1S/2C28H37ClO4.Cu/c2*29-26-24(27(32)22-18-16-17-19-23(22)28(26)33)20-14-12-10-8-6-4-2-1-3-5-7-9-11-13-15-21-25(30)31;/h2*1,3,16-19H,2,4-15,20-21H2,(H,30,31);/b2*3-1-;. The van der Waals surface area contributed by atoms with Crippen LogP contribution < -0.4 is 0 Å². The summed E-state index contributed by atoms with van der Waals surface area (Å²) >= 11 is 12.4. The summed E-state index contributed by atoms with van der Waals surface area (Å²) in [6.45, 7) is 0. The fraction of sp³-hybridized carbons (Fsp3) is 0.536. The van der Waals surface area contributed by atoms with Crippen molar-refractivity contribution in [3.8, 4) is 0 Å². The number of rotatable bonds is 34. The molecule has 11 heteroatoms. The number of hydrogen-bond acceptors (Lipinski definition) is 6. The van der Waals surface area contributed by atoms with Gasteiger partial charge < -0.3 is 10.2 Å².